The number of rotatable bonds is 4. The summed E-state index contributed by atoms with van der Waals surface area (Å²) in [6.45, 7) is 5.18. The van der Waals surface area contributed by atoms with Crippen LogP contribution in [-0.4, -0.2) is 38.6 Å². The van der Waals surface area contributed by atoms with E-state index in [1.807, 2.05) is 13.1 Å². The Balaban J connectivity index is 1.65. The van der Waals surface area contributed by atoms with Crippen LogP contribution in [0.2, 0.25) is 0 Å². The number of aromatic nitrogens is 4. The Kier molecular flexibility index (Phi) is 3.74. The van der Waals surface area contributed by atoms with E-state index in [0.29, 0.717) is 16.9 Å². The first kappa shape index (κ1) is 13.8. The van der Waals surface area contributed by atoms with Crippen LogP contribution in [0.15, 0.2) is 12.4 Å². The largest absolute Gasteiger partial charge is 0.376 e. The van der Waals surface area contributed by atoms with Crippen LogP contribution < -0.4 is 5.32 Å². The summed E-state index contributed by atoms with van der Waals surface area (Å²) in [5, 5.41) is 13.9. The van der Waals surface area contributed by atoms with Crippen LogP contribution in [0.5, 0.6) is 0 Å². The van der Waals surface area contributed by atoms with E-state index in [1.54, 1.807) is 17.8 Å². The number of nitrogens with one attached hydrogen (secondary N) is 2. The van der Waals surface area contributed by atoms with Crippen LogP contribution in [0.4, 0.5) is 5.69 Å². The van der Waals surface area contributed by atoms with E-state index in [1.165, 1.54) is 0 Å². The molecule has 0 aliphatic carbocycles. The van der Waals surface area contributed by atoms with E-state index in [4.69, 9.17) is 4.74 Å². The zero-order valence-electron chi connectivity index (χ0n) is 12.2. The third-order valence-electron chi connectivity index (χ3n) is 3.66. The molecule has 1 aliphatic heterocycles. The second kappa shape index (κ2) is 5.69. The lowest BCUT2D eigenvalue weighted by Crippen LogP contribution is -2.15. The first-order valence-electron chi connectivity index (χ1n) is 7.10. The van der Waals surface area contributed by atoms with Crippen molar-refractivity contribution in [1.29, 1.82) is 0 Å². The third-order valence-corrected chi connectivity index (χ3v) is 3.66. The minimum Gasteiger partial charge on any atom is -0.376 e. The van der Waals surface area contributed by atoms with Gasteiger partial charge in [0.25, 0.3) is 5.91 Å². The Morgan fingerprint density at radius 3 is 3.10 bits per heavy atom. The quantitative estimate of drug-likeness (QED) is 0.896. The molecule has 112 valence electrons. The highest BCUT2D eigenvalue weighted by molar-refractivity contribution is 6.05. The van der Waals surface area contributed by atoms with E-state index in [9.17, 15) is 4.79 Å². The number of aromatic amines is 1. The molecule has 0 saturated carbocycles. The summed E-state index contributed by atoms with van der Waals surface area (Å²) in [5.74, 6) is -0.171. The molecule has 1 saturated heterocycles. The number of aryl methyl sites for hydroxylation is 2. The maximum atomic E-state index is 12.2. The number of carbonyl (C=O) groups is 1. The first-order chi connectivity index (χ1) is 10.1. The maximum Gasteiger partial charge on any atom is 0.259 e. The molecule has 1 atom stereocenters. The Morgan fingerprint density at radius 1 is 1.57 bits per heavy atom. The highest BCUT2D eigenvalue weighted by Gasteiger charge is 2.18. The van der Waals surface area contributed by atoms with Gasteiger partial charge in [0, 0.05) is 18.5 Å². The van der Waals surface area contributed by atoms with Gasteiger partial charge in [-0.05, 0) is 26.7 Å². The predicted molar refractivity (Wildman–Crippen MR) is 77.2 cm³/mol. The van der Waals surface area contributed by atoms with E-state index in [0.717, 1.165) is 31.7 Å². The summed E-state index contributed by atoms with van der Waals surface area (Å²) < 4.78 is 7.38. The molecule has 1 aliphatic rings. The van der Waals surface area contributed by atoms with Gasteiger partial charge in [-0.25, -0.2) is 0 Å². The standard InChI is InChI=1S/C14H19N5O2/c1-9-13(10(2)18-17-9)14(20)16-11-6-15-19(7-11)8-12-4-3-5-21-12/h6-7,12H,3-5,8H2,1-2H3,(H,16,20)(H,17,18). The van der Waals surface area contributed by atoms with Crippen molar-refractivity contribution >= 4 is 11.6 Å². The first-order valence-corrected chi connectivity index (χ1v) is 7.10. The molecule has 3 heterocycles. The molecule has 7 nitrogen and oxygen atoms in total. The normalized spacial score (nSPS) is 18.1. The van der Waals surface area contributed by atoms with Gasteiger partial charge in [0.05, 0.1) is 35.8 Å². The summed E-state index contributed by atoms with van der Waals surface area (Å²) in [6.07, 6.45) is 5.87. The number of ether oxygens (including phenoxy) is 1. The number of carbonyl (C=O) groups excluding carboxylic acids is 1. The summed E-state index contributed by atoms with van der Waals surface area (Å²) >= 11 is 0. The average Bonchev–Trinajstić information content (AvgIpc) is 3.14. The molecular weight excluding hydrogens is 270 g/mol. The minimum atomic E-state index is -0.171. The Hall–Kier alpha value is -2.15. The number of hydrogen-bond acceptors (Lipinski definition) is 4. The van der Waals surface area contributed by atoms with Crippen molar-refractivity contribution in [3.8, 4) is 0 Å². The molecule has 0 bridgehead atoms. The summed E-state index contributed by atoms with van der Waals surface area (Å²) in [5.41, 5.74) is 2.72. The fourth-order valence-electron chi connectivity index (χ4n) is 2.60. The zero-order chi connectivity index (χ0) is 14.8. The van der Waals surface area contributed by atoms with Crippen molar-refractivity contribution in [2.45, 2.75) is 39.3 Å². The van der Waals surface area contributed by atoms with Gasteiger partial charge in [-0.15, -0.1) is 0 Å². The maximum absolute atomic E-state index is 12.2. The summed E-state index contributed by atoms with van der Waals surface area (Å²) in [7, 11) is 0. The van der Waals surface area contributed by atoms with E-state index < -0.39 is 0 Å². The highest BCUT2D eigenvalue weighted by atomic mass is 16.5. The molecule has 1 fully saturated rings. The molecule has 3 rings (SSSR count). The lowest BCUT2D eigenvalue weighted by Gasteiger charge is -2.08. The predicted octanol–water partition coefficient (Wildman–Crippen LogP) is 1.65. The SMILES string of the molecule is Cc1n[nH]c(C)c1C(=O)Nc1cnn(CC2CCCO2)c1. The number of amides is 1. The monoisotopic (exact) mass is 289 g/mol. The van der Waals surface area contributed by atoms with Crippen LogP contribution in [0.3, 0.4) is 0 Å². The molecule has 21 heavy (non-hydrogen) atoms. The van der Waals surface area contributed by atoms with Gasteiger partial charge in [0.15, 0.2) is 0 Å². The van der Waals surface area contributed by atoms with Crippen molar-refractivity contribution in [2.75, 3.05) is 11.9 Å². The van der Waals surface area contributed by atoms with Crippen LogP contribution in [0.25, 0.3) is 0 Å². The average molecular weight is 289 g/mol. The van der Waals surface area contributed by atoms with Crippen molar-refractivity contribution in [3.63, 3.8) is 0 Å². The molecule has 0 radical (unpaired) electrons. The number of anilines is 1. The molecule has 7 heteroatoms. The van der Waals surface area contributed by atoms with Gasteiger partial charge in [-0.1, -0.05) is 0 Å². The van der Waals surface area contributed by atoms with Crippen molar-refractivity contribution in [3.05, 3.63) is 29.3 Å². The molecule has 0 aromatic carbocycles. The lowest BCUT2D eigenvalue weighted by molar-refractivity contribution is 0.0940. The molecule has 2 aromatic heterocycles. The van der Waals surface area contributed by atoms with Crippen LogP contribution >= 0.6 is 0 Å². The Labute approximate surface area is 122 Å². The van der Waals surface area contributed by atoms with Gasteiger partial charge in [0.2, 0.25) is 0 Å². The van der Waals surface area contributed by atoms with Crippen LogP contribution in [-0.2, 0) is 11.3 Å². The van der Waals surface area contributed by atoms with Gasteiger partial charge in [0.1, 0.15) is 0 Å². The molecule has 0 spiro atoms. The second-order valence-corrected chi connectivity index (χ2v) is 5.35. The van der Waals surface area contributed by atoms with Gasteiger partial charge >= 0.3 is 0 Å². The van der Waals surface area contributed by atoms with Gasteiger partial charge < -0.3 is 10.1 Å². The van der Waals surface area contributed by atoms with Crippen molar-refractivity contribution in [2.24, 2.45) is 0 Å². The fraction of sp³-hybridized carbons (Fsp3) is 0.500. The second-order valence-electron chi connectivity index (χ2n) is 5.35. The van der Waals surface area contributed by atoms with E-state index in [-0.39, 0.29) is 12.0 Å². The van der Waals surface area contributed by atoms with Crippen LogP contribution in [0.1, 0.15) is 34.6 Å². The topological polar surface area (TPSA) is 84.8 Å². The summed E-state index contributed by atoms with van der Waals surface area (Å²) in [6, 6.07) is 0. The molecule has 1 amide bonds. The van der Waals surface area contributed by atoms with E-state index >= 15 is 0 Å². The Morgan fingerprint density at radius 2 is 2.43 bits per heavy atom. The number of nitrogens with zero attached hydrogens (tertiary/aromatic N) is 3. The third kappa shape index (κ3) is 2.97. The lowest BCUT2D eigenvalue weighted by atomic mass is 10.2. The zero-order valence-corrected chi connectivity index (χ0v) is 12.2. The molecule has 1 unspecified atom stereocenters. The van der Waals surface area contributed by atoms with Crippen molar-refractivity contribution in [1.82, 2.24) is 20.0 Å². The summed E-state index contributed by atoms with van der Waals surface area (Å²) in [4.78, 5) is 12.2. The molecule has 2 N–H and O–H groups in total. The Bertz CT molecular complexity index is 620. The van der Waals surface area contributed by atoms with Crippen LogP contribution in [0, 0.1) is 13.8 Å². The van der Waals surface area contributed by atoms with E-state index in [2.05, 4.69) is 20.6 Å². The molecule has 2 aromatic rings. The molecular formula is C14H19N5O2. The smallest absolute Gasteiger partial charge is 0.259 e. The van der Waals surface area contributed by atoms with Crippen molar-refractivity contribution < 1.29 is 9.53 Å². The fourth-order valence-corrected chi connectivity index (χ4v) is 2.60. The number of H-pyrrole nitrogens is 1. The minimum absolute atomic E-state index is 0.171. The number of hydrogen-bond donors (Lipinski definition) is 2. The van der Waals surface area contributed by atoms with Gasteiger partial charge in [-0.2, -0.15) is 10.2 Å². The van der Waals surface area contributed by atoms with Gasteiger partial charge in [-0.3, -0.25) is 14.6 Å². The highest BCUT2D eigenvalue weighted by Crippen LogP contribution is 2.16.